The van der Waals surface area contributed by atoms with Gasteiger partial charge in [0.15, 0.2) is 11.5 Å². The zero-order valence-corrected chi connectivity index (χ0v) is 13.8. The molecule has 1 saturated heterocycles. The number of aliphatic hydroxyl groups is 1. The van der Waals surface area contributed by atoms with Gasteiger partial charge in [0, 0.05) is 6.42 Å². The lowest BCUT2D eigenvalue weighted by Gasteiger charge is -2.22. The van der Waals surface area contributed by atoms with Crippen molar-refractivity contribution in [3.05, 3.63) is 12.7 Å². The minimum absolute atomic E-state index is 0.220. The van der Waals surface area contributed by atoms with Crippen LogP contribution in [0.25, 0.3) is 11.2 Å². The number of aliphatic hydroxyl groups excluding tert-OH is 1. The molecule has 0 saturated carbocycles. The number of hydrogen-bond acceptors (Lipinski definition) is 9. The summed E-state index contributed by atoms with van der Waals surface area (Å²) in [7, 11) is -4.01. The maximum atomic E-state index is 12.0. The van der Waals surface area contributed by atoms with Crippen molar-refractivity contribution in [2.75, 3.05) is 12.3 Å². The van der Waals surface area contributed by atoms with E-state index in [0.29, 0.717) is 11.2 Å². The van der Waals surface area contributed by atoms with Crippen LogP contribution < -0.4 is 11.5 Å². The summed E-state index contributed by atoms with van der Waals surface area (Å²) in [5, 5.41) is 9.47. The topological polar surface area (TPSA) is 172 Å². The first-order chi connectivity index (χ1) is 11.3. The molecule has 0 radical (unpaired) electrons. The number of nitrogens with zero attached hydrogens (tertiary/aromatic N) is 4. The van der Waals surface area contributed by atoms with Gasteiger partial charge >= 0.3 is 7.60 Å². The third-order valence-corrected chi connectivity index (χ3v) is 5.46. The van der Waals surface area contributed by atoms with E-state index in [2.05, 4.69) is 15.0 Å². The second-order valence-corrected chi connectivity index (χ2v) is 7.73. The van der Waals surface area contributed by atoms with Crippen molar-refractivity contribution in [2.45, 2.75) is 37.6 Å². The Morgan fingerprint density at radius 3 is 2.96 bits per heavy atom. The van der Waals surface area contributed by atoms with E-state index in [0.717, 1.165) is 0 Å². The molecular weight excluding hydrogens is 339 g/mol. The highest BCUT2D eigenvalue weighted by Gasteiger charge is 2.42. The van der Waals surface area contributed by atoms with Gasteiger partial charge in [-0.15, -0.1) is 0 Å². The minimum atomic E-state index is -4.01. The Bertz CT molecular complexity index is 782. The summed E-state index contributed by atoms with van der Waals surface area (Å²) in [6.07, 6.45) is 0.864. The minimum Gasteiger partial charge on any atom is -0.394 e. The number of nitrogen functional groups attached to an aromatic ring is 1. The molecule has 0 spiro atoms. The van der Waals surface area contributed by atoms with Gasteiger partial charge in [0.1, 0.15) is 36.1 Å². The standard InChI is InChI=1S/C12H19N6O5P/c1-6(13)24(20,21)23-7-2-9(22-8(7)3-19)18-5-17-10-11(14)15-4-16-12(10)18/h4-9,19H,2-3,13H2,1H3,(H,20,21)(H2,14,15,16)/t6?,7-,8+,9?/m0/s1. The Kier molecular flexibility index (Phi) is 4.56. The summed E-state index contributed by atoms with van der Waals surface area (Å²) in [5.74, 6) is -0.808. The Labute approximate surface area is 137 Å². The van der Waals surface area contributed by atoms with Crippen LogP contribution in [0.1, 0.15) is 19.6 Å². The average molecular weight is 358 g/mol. The molecule has 5 atom stereocenters. The highest BCUT2D eigenvalue weighted by molar-refractivity contribution is 7.53. The number of rotatable bonds is 5. The normalized spacial score (nSPS) is 28.1. The van der Waals surface area contributed by atoms with E-state index in [-0.39, 0.29) is 18.8 Å². The van der Waals surface area contributed by atoms with E-state index in [9.17, 15) is 14.6 Å². The van der Waals surface area contributed by atoms with Crippen LogP contribution >= 0.6 is 7.60 Å². The van der Waals surface area contributed by atoms with Gasteiger partial charge in [0.2, 0.25) is 0 Å². The molecule has 2 aromatic heterocycles. The Morgan fingerprint density at radius 2 is 2.29 bits per heavy atom. The van der Waals surface area contributed by atoms with E-state index in [4.69, 9.17) is 20.7 Å². The van der Waals surface area contributed by atoms with Crippen molar-refractivity contribution in [1.29, 1.82) is 0 Å². The molecule has 6 N–H and O–H groups in total. The van der Waals surface area contributed by atoms with Gasteiger partial charge in [0.25, 0.3) is 0 Å². The van der Waals surface area contributed by atoms with E-state index < -0.39 is 31.8 Å². The number of hydrogen-bond donors (Lipinski definition) is 4. The Morgan fingerprint density at radius 1 is 1.54 bits per heavy atom. The van der Waals surface area contributed by atoms with Crippen molar-refractivity contribution in [3.8, 4) is 0 Å². The molecule has 1 aliphatic heterocycles. The molecule has 11 nitrogen and oxygen atoms in total. The van der Waals surface area contributed by atoms with Crippen LogP contribution in [-0.4, -0.2) is 54.1 Å². The molecule has 132 valence electrons. The van der Waals surface area contributed by atoms with Crippen LogP contribution in [0.5, 0.6) is 0 Å². The predicted molar refractivity (Wildman–Crippen MR) is 83.7 cm³/mol. The molecule has 2 aromatic rings. The Balaban J connectivity index is 1.86. The quantitative estimate of drug-likeness (QED) is 0.513. The molecule has 1 fully saturated rings. The molecule has 3 rings (SSSR count). The van der Waals surface area contributed by atoms with Gasteiger partial charge in [-0.2, -0.15) is 0 Å². The maximum absolute atomic E-state index is 12.0. The molecule has 12 heteroatoms. The molecule has 0 bridgehead atoms. The molecule has 24 heavy (non-hydrogen) atoms. The van der Waals surface area contributed by atoms with E-state index >= 15 is 0 Å². The van der Waals surface area contributed by atoms with E-state index in [1.54, 1.807) is 4.57 Å². The lowest BCUT2D eigenvalue weighted by molar-refractivity contribution is -0.0405. The molecule has 0 aliphatic carbocycles. The second kappa shape index (κ2) is 6.36. The fourth-order valence-corrected chi connectivity index (χ4v) is 3.32. The van der Waals surface area contributed by atoms with Crippen molar-refractivity contribution in [2.24, 2.45) is 5.73 Å². The molecule has 3 unspecified atom stereocenters. The molecule has 3 heterocycles. The highest BCUT2D eigenvalue weighted by Crippen LogP contribution is 2.49. The van der Waals surface area contributed by atoms with Crippen LogP contribution in [0, 0.1) is 0 Å². The Hall–Kier alpha value is -1.62. The molecular formula is C12H19N6O5P. The summed E-state index contributed by atoms with van der Waals surface area (Å²) in [5.41, 5.74) is 12.1. The number of fused-ring (bicyclic) bond motifs is 1. The summed E-state index contributed by atoms with van der Waals surface area (Å²) >= 11 is 0. The number of imidazole rings is 1. The van der Waals surface area contributed by atoms with Gasteiger partial charge < -0.3 is 30.7 Å². The lowest BCUT2D eigenvalue weighted by atomic mass is 10.2. The lowest BCUT2D eigenvalue weighted by Crippen LogP contribution is -2.29. The monoisotopic (exact) mass is 358 g/mol. The van der Waals surface area contributed by atoms with Crippen molar-refractivity contribution in [3.63, 3.8) is 0 Å². The third kappa shape index (κ3) is 3.02. The van der Waals surface area contributed by atoms with Crippen LogP contribution in [0.2, 0.25) is 0 Å². The van der Waals surface area contributed by atoms with Gasteiger partial charge in [-0.05, 0) is 6.92 Å². The number of nitrogens with two attached hydrogens (primary N) is 2. The zero-order chi connectivity index (χ0) is 17.5. The first-order valence-electron chi connectivity index (χ1n) is 7.29. The van der Waals surface area contributed by atoms with Crippen LogP contribution in [0.3, 0.4) is 0 Å². The van der Waals surface area contributed by atoms with Gasteiger partial charge in [-0.3, -0.25) is 9.13 Å². The molecule has 1 aliphatic rings. The van der Waals surface area contributed by atoms with E-state index in [1.807, 2.05) is 0 Å². The third-order valence-electron chi connectivity index (χ3n) is 3.86. The van der Waals surface area contributed by atoms with Gasteiger partial charge in [-0.25, -0.2) is 15.0 Å². The summed E-state index contributed by atoms with van der Waals surface area (Å²) in [6, 6.07) is 0. The van der Waals surface area contributed by atoms with Crippen LogP contribution in [-0.2, 0) is 13.8 Å². The maximum Gasteiger partial charge on any atom is 0.344 e. The van der Waals surface area contributed by atoms with Gasteiger partial charge in [0.05, 0.1) is 12.9 Å². The number of aromatic nitrogens is 4. The average Bonchev–Trinajstić information content (AvgIpc) is 3.11. The number of anilines is 1. The fraction of sp³-hybridized carbons (Fsp3) is 0.583. The van der Waals surface area contributed by atoms with Crippen molar-refractivity contribution < 1.29 is 23.8 Å². The van der Waals surface area contributed by atoms with Crippen molar-refractivity contribution >= 4 is 24.6 Å². The smallest absolute Gasteiger partial charge is 0.344 e. The summed E-state index contributed by atoms with van der Waals surface area (Å²) in [4.78, 5) is 21.9. The highest BCUT2D eigenvalue weighted by atomic mass is 31.2. The van der Waals surface area contributed by atoms with Crippen LogP contribution in [0.15, 0.2) is 12.7 Å². The predicted octanol–water partition coefficient (Wildman–Crippen LogP) is -0.436. The summed E-state index contributed by atoms with van der Waals surface area (Å²) in [6.45, 7) is 1.01. The first-order valence-corrected chi connectivity index (χ1v) is 8.94. The number of ether oxygens (including phenoxy) is 1. The van der Waals surface area contributed by atoms with Crippen molar-refractivity contribution in [1.82, 2.24) is 19.5 Å². The van der Waals surface area contributed by atoms with E-state index in [1.165, 1.54) is 19.6 Å². The molecule has 0 amide bonds. The largest absolute Gasteiger partial charge is 0.394 e. The first kappa shape index (κ1) is 17.2. The summed E-state index contributed by atoms with van der Waals surface area (Å²) < 4.78 is 24.6. The van der Waals surface area contributed by atoms with Gasteiger partial charge in [-0.1, -0.05) is 0 Å². The zero-order valence-electron chi connectivity index (χ0n) is 12.9. The SMILES string of the molecule is CC(N)P(=O)(O)O[C@H]1CC(n2cnc3c(N)ncnc32)O[C@@H]1CO. The van der Waals surface area contributed by atoms with Crippen LogP contribution in [0.4, 0.5) is 5.82 Å². The second-order valence-electron chi connectivity index (χ2n) is 5.58. The molecule has 0 aromatic carbocycles. The fourth-order valence-electron chi connectivity index (χ4n) is 2.52.